The molecule has 0 atom stereocenters. The molecular weight excluding hydrogens is 300 g/mol. The minimum absolute atomic E-state index is 0.250. The molecule has 0 saturated heterocycles. The average molecular weight is 326 g/mol. The molecule has 0 unspecified atom stereocenters. The molecule has 0 radical (unpaired) electrons. The maximum absolute atomic E-state index is 11.3. The molecule has 0 aromatic heterocycles. The second-order valence-corrected chi connectivity index (χ2v) is 8.08. The van der Waals surface area contributed by atoms with E-state index in [1.54, 1.807) is 6.08 Å². The summed E-state index contributed by atoms with van der Waals surface area (Å²) in [5, 5.41) is 7.09. The molecule has 1 saturated carbocycles. The Morgan fingerprint density at radius 1 is 1.41 bits per heavy atom. The minimum atomic E-state index is -2.90. The Balaban J connectivity index is 2.83. The highest BCUT2D eigenvalue weighted by atomic mass is 32.2. The summed E-state index contributed by atoms with van der Waals surface area (Å²) in [5.74, 6) is 0.518. The standard InChI is InChI=1S/C15H26N4O2S/c1-11(18-10-17)15(5-6-16)12(2)19(3)14-7-13(8-14)9-22(4,20)21/h5-6,10,13-14,17H,7-9,16H2,1-4H3/b6-5-,15-12+,17-10?,18-11-/t13-,14+. The van der Waals surface area contributed by atoms with Gasteiger partial charge in [-0.3, -0.25) is 5.41 Å². The fourth-order valence-electron chi connectivity index (χ4n) is 2.81. The topological polar surface area (TPSA) is 99.6 Å². The zero-order chi connectivity index (χ0) is 16.9. The molecule has 0 spiro atoms. The van der Waals surface area contributed by atoms with Crippen LogP contribution < -0.4 is 5.73 Å². The van der Waals surface area contributed by atoms with Crippen molar-refractivity contribution in [2.24, 2.45) is 16.6 Å². The van der Waals surface area contributed by atoms with Gasteiger partial charge in [-0.05, 0) is 44.9 Å². The number of rotatable bonds is 7. The van der Waals surface area contributed by atoms with Crippen LogP contribution in [0.4, 0.5) is 0 Å². The average Bonchev–Trinajstić information content (AvgIpc) is 2.37. The summed E-state index contributed by atoms with van der Waals surface area (Å²) >= 11 is 0. The van der Waals surface area contributed by atoms with Crippen LogP contribution in [-0.4, -0.2) is 50.5 Å². The summed E-state index contributed by atoms with van der Waals surface area (Å²) in [5.41, 5.74) is 8.14. The molecule has 1 rings (SSSR count). The quantitative estimate of drug-likeness (QED) is 0.421. The molecule has 22 heavy (non-hydrogen) atoms. The Morgan fingerprint density at radius 2 is 2.00 bits per heavy atom. The Labute approximate surface area is 133 Å². The van der Waals surface area contributed by atoms with Crippen LogP contribution in [0.1, 0.15) is 26.7 Å². The van der Waals surface area contributed by atoms with Gasteiger partial charge in [0, 0.05) is 36.3 Å². The number of sulfone groups is 1. The maximum Gasteiger partial charge on any atom is 0.147 e. The van der Waals surface area contributed by atoms with E-state index in [9.17, 15) is 8.42 Å². The van der Waals surface area contributed by atoms with Crippen LogP contribution >= 0.6 is 0 Å². The molecule has 0 bridgehead atoms. The predicted octanol–water partition coefficient (Wildman–Crippen LogP) is 1.56. The molecule has 0 heterocycles. The predicted molar refractivity (Wildman–Crippen MR) is 91.9 cm³/mol. The van der Waals surface area contributed by atoms with Crippen molar-refractivity contribution in [3.8, 4) is 0 Å². The Morgan fingerprint density at radius 3 is 2.45 bits per heavy atom. The van der Waals surface area contributed by atoms with E-state index in [1.165, 1.54) is 12.5 Å². The van der Waals surface area contributed by atoms with Crippen LogP contribution in [0, 0.1) is 11.3 Å². The highest BCUT2D eigenvalue weighted by molar-refractivity contribution is 7.90. The highest BCUT2D eigenvalue weighted by Gasteiger charge is 2.34. The lowest BCUT2D eigenvalue weighted by Crippen LogP contribution is -2.44. The van der Waals surface area contributed by atoms with Crippen molar-refractivity contribution in [3.05, 3.63) is 23.5 Å². The van der Waals surface area contributed by atoms with Crippen molar-refractivity contribution in [1.82, 2.24) is 4.90 Å². The van der Waals surface area contributed by atoms with Crippen molar-refractivity contribution < 1.29 is 8.42 Å². The minimum Gasteiger partial charge on any atom is -0.405 e. The lowest BCUT2D eigenvalue weighted by atomic mass is 9.80. The van der Waals surface area contributed by atoms with E-state index in [0.29, 0.717) is 6.04 Å². The van der Waals surface area contributed by atoms with Crippen LogP contribution in [0.25, 0.3) is 0 Å². The molecule has 6 nitrogen and oxygen atoms in total. The smallest absolute Gasteiger partial charge is 0.147 e. The fourth-order valence-corrected chi connectivity index (χ4v) is 3.94. The van der Waals surface area contributed by atoms with E-state index in [4.69, 9.17) is 11.1 Å². The molecule has 0 aromatic rings. The lowest BCUT2D eigenvalue weighted by Gasteiger charge is -2.43. The first-order valence-corrected chi connectivity index (χ1v) is 9.29. The van der Waals surface area contributed by atoms with Gasteiger partial charge in [0.1, 0.15) is 16.2 Å². The molecule has 1 fully saturated rings. The van der Waals surface area contributed by atoms with E-state index in [0.717, 1.165) is 36.2 Å². The highest BCUT2D eigenvalue weighted by Crippen LogP contribution is 2.34. The van der Waals surface area contributed by atoms with Gasteiger partial charge < -0.3 is 10.6 Å². The van der Waals surface area contributed by atoms with Gasteiger partial charge in [-0.15, -0.1) is 0 Å². The molecule has 124 valence electrons. The van der Waals surface area contributed by atoms with Crippen molar-refractivity contribution in [3.63, 3.8) is 0 Å². The summed E-state index contributed by atoms with van der Waals surface area (Å²) in [6.07, 6.45) is 7.29. The third-order valence-electron chi connectivity index (χ3n) is 4.13. The number of nitrogens with one attached hydrogen (secondary N) is 1. The fraction of sp³-hybridized carbons (Fsp3) is 0.600. The summed E-state index contributed by atoms with van der Waals surface area (Å²) in [4.78, 5) is 6.15. The van der Waals surface area contributed by atoms with Gasteiger partial charge in [0.25, 0.3) is 0 Å². The van der Waals surface area contributed by atoms with Crippen molar-refractivity contribution in [2.45, 2.75) is 32.7 Å². The van der Waals surface area contributed by atoms with Crippen molar-refractivity contribution in [1.29, 1.82) is 5.41 Å². The number of hydrogen-bond donors (Lipinski definition) is 2. The van der Waals surface area contributed by atoms with Gasteiger partial charge in [0.2, 0.25) is 0 Å². The zero-order valence-corrected chi connectivity index (χ0v) is 14.5. The second kappa shape index (κ2) is 7.58. The first kappa shape index (κ1) is 18.4. The molecule has 1 aliphatic carbocycles. The Bertz CT molecular complexity index is 599. The third-order valence-corrected chi connectivity index (χ3v) is 5.20. The third kappa shape index (κ3) is 4.98. The van der Waals surface area contributed by atoms with Crippen molar-refractivity contribution in [2.75, 3.05) is 19.1 Å². The van der Waals surface area contributed by atoms with Gasteiger partial charge in [0.15, 0.2) is 0 Å². The second-order valence-electron chi connectivity index (χ2n) is 5.90. The van der Waals surface area contributed by atoms with Crippen LogP contribution in [0.5, 0.6) is 0 Å². The van der Waals surface area contributed by atoms with Gasteiger partial charge >= 0.3 is 0 Å². The Hall–Kier alpha value is -1.63. The number of nitrogens with zero attached hydrogens (tertiary/aromatic N) is 2. The molecule has 0 aliphatic heterocycles. The lowest BCUT2D eigenvalue weighted by molar-refractivity contribution is 0.143. The molecule has 0 aromatic carbocycles. The normalized spacial score (nSPS) is 23.9. The summed E-state index contributed by atoms with van der Waals surface area (Å²) in [6.45, 7) is 3.83. The zero-order valence-electron chi connectivity index (χ0n) is 13.7. The first-order chi connectivity index (χ1) is 10.2. The largest absolute Gasteiger partial charge is 0.405 e. The van der Waals surface area contributed by atoms with Gasteiger partial charge in [0.05, 0.1) is 5.75 Å². The van der Waals surface area contributed by atoms with E-state index < -0.39 is 9.84 Å². The van der Waals surface area contributed by atoms with Gasteiger partial charge in [-0.25, -0.2) is 13.4 Å². The van der Waals surface area contributed by atoms with E-state index in [2.05, 4.69) is 9.89 Å². The van der Waals surface area contributed by atoms with E-state index in [-0.39, 0.29) is 11.7 Å². The molecular formula is C15H26N4O2S. The van der Waals surface area contributed by atoms with E-state index in [1.807, 2.05) is 20.9 Å². The first-order valence-electron chi connectivity index (χ1n) is 7.23. The number of hydrogen-bond acceptors (Lipinski definition) is 5. The Kier molecular flexibility index (Phi) is 6.34. The summed E-state index contributed by atoms with van der Waals surface area (Å²) in [7, 11) is -0.903. The summed E-state index contributed by atoms with van der Waals surface area (Å²) in [6, 6.07) is 0.334. The number of allylic oxidation sites excluding steroid dienone is 3. The molecule has 3 N–H and O–H groups in total. The molecule has 1 aliphatic rings. The van der Waals surface area contributed by atoms with Crippen LogP contribution in [-0.2, 0) is 9.84 Å². The maximum atomic E-state index is 11.3. The van der Waals surface area contributed by atoms with Crippen molar-refractivity contribution >= 4 is 21.9 Å². The van der Waals surface area contributed by atoms with Gasteiger partial charge in [-0.2, -0.15) is 0 Å². The van der Waals surface area contributed by atoms with Crippen LogP contribution in [0.2, 0.25) is 0 Å². The monoisotopic (exact) mass is 326 g/mol. The van der Waals surface area contributed by atoms with Crippen LogP contribution in [0.3, 0.4) is 0 Å². The van der Waals surface area contributed by atoms with E-state index >= 15 is 0 Å². The summed E-state index contributed by atoms with van der Waals surface area (Å²) < 4.78 is 22.6. The molecule has 7 heteroatoms. The number of nitrogens with two attached hydrogens (primary N) is 1. The van der Waals surface area contributed by atoms with Gasteiger partial charge in [-0.1, -0.05) is 0 Å². The van der Waals surface area contributed by atoms with Crippen LogP contribution in [0.15, 0.2) is 28.5 Å². The number of aliphatic imine (C=N–C) groups is 1. The SMILES string of the molecule is CC(=N/C=N)/C(/C=C\N)=C(\C)N(C)[C@H]1C[C@@H](CS(C)(=O)=O)C1. The molecule has 0 amide bonds.